The molecule has 0 saturated carbocycles. The lowest BCUT2D eigenvalue weighted by molar-refractivity contribution is 0.0183. The maximum atomic E-state index is 11.8. The minimum Gasteiger partial charge on any atom is -0.374 e. The van der Waals surface area contributed by atoms with E-state index in [2.05, 4.69) is 36.5 Å². The fraction of sp³-hybridized carbons (Fsp3) is 0.571. The van der Waals surface area contributed by atoms with Crippen molar-refractivity contribution in [3.63, 3.8) is 0 Å². The van der Waals surface area contributed by atoms with Crippen LogP contribution in [-0.2, 0) is 11.2 Å². The van der Waals surface area contributed by atoms with Gasteiger partial charge in [-0.25, -0.2) is 8.78 Å². The lowest BCUT2D eigenvalue weighted by Crippen LogP contribution is -2.24. The number of alkyl halides is 2. The molecule has 0 aromatic heterocycles. The van der Waals surface area contributed by atoms with Crippen LogP contribution >= 0.6 is 0 Å². The number of aryl methyl sites for hydroxylation is 1. The van der Waals surface area contributed by atoms with Crippen molar-refractivity contribution in [2.75, 3.05) is 19.8 Å². The van der Waals surface area contributed by atoms with E-state index in [1.54, 1.807) is 0 Å². The zero-order valence-corrected chi connectivity index (χ0v) is 11.0. The molecule has 18 heavy (non-hydrogen) atoms. The van der Waals surface area contributed by atoms with Crippen molar-refractivity contribution in [2.24, 2.45) is 0 Å². The van der Waals surface area contributed by atoms with Gasteiger partial charge in [0.2, 0.25) is 0 Å². The van der Waals surface area contributed by atoms with E-state index in [9.17, 15) is 8.78 Å². The van der Waals surface area contributed by atoms with Crippen LogP contribution in [0.25, 0.3) is 0 Å². The van der Waals surface area contributed by atoms with Gasteiger partial charge in [0.15, 0.2) is 0 Å². The molecule has 1 unspecified atom stereocenters. The average molecular weight is 257 g/mol. The third kappa shape index (κ3) is 5.56. The summed E-state index contributed by atoms with van der Waals surface area (Å²) in [5.41, 5.74) is 2.51. The van der Waals surface area contributed by atoms with Gasteiger partial charge < -0.3 is 10.1 Å². The number of ether oxygens (including phenoxy) is 1. The highest BCUT2D eigenvalue weighted by atomic mass is 19.3. The molecule has 1 rings (SSSR count). The third-order valence-electron chi connectivity index (χ3n) is 2.83. The highest BCUT2D eigenvalue weighted by Gasteiger charge is 2.05. The summed E-state index contributed by atoms with van der Waals surface area (Å²) in [5.74, 6) is 0. The van der Waals surface area contributed by atoms with Crippen LogP contribution in [0.4, 0.5) is 8.78 Å². The smallest absolute Gasteiger partial charge is 0.261 e. The molecule has 102 valence electrons. The van der Waals surface area contributed by atoms with Crippen LogP contribution < -0.4 is 5.32 Å². The fourth-order valence-electron chi connectivity index (χ4n) is 1.68. The summed E-state index contributed by atoms with van der Waals surface area (Å²) in [4.78, 5) is 0. The van der Waals surface area contributed by atoms with E-state index in [1.165, 1.54) is 11.1 Å². The highest BCUT2D eigenvalue weighted by molar-refractivity contribution is 5.24. The molecule has 0 fully saturated rings. The number of hydrogen-bond acceptors (Lipinski definition) is 2. The fourth-order valence-corrected chi connectivity index (χ4v) is 1.68. The summed E-state index contributed by atoms with van der Waals surface area (Å²) in [6, 6.07) is 8.61. The summed E-state index contributed by atoms with van der Waals surface area (Å²) in [6.07, 6.45) is -1.35. The average Bonchev–Trinajstić information content (AvgIpc) is 2.38. The van der Waals surface area contributed by atoms with Crippen LogP contribution in [-0.4, -0.2) is 26.2 Å². The molecule has 4 heteroatoms. The Hall–Kier alpha value is -1.00. The van der Waals surface area contributed by atoms with Gasteiger partial charge in [0.1, 0.15) is 6.61 Å². The summed E-state index contributed by atoms with van der Waals surface area (Å²) in [5, 5.41) is 3.24. The minimum atomic E-state index is -2.39. The second-order valence-corrected chi connectivity index (χ2v) is 4.24. The van der Waals surface area contributed by atoms with E-state index in [-0.39, 0.29) is 6.04 Å². The first kappa shape index (κ1) is 15.1. The van der Waals surface area contributed by atoms with E-state index in [0.29, 0.717) is 13.2 Å². The molecule has 1 aromatic rings. The van der Waals surface area contributed by atoms with Gasteiger partial charge in [0.05, 0.1) is 6.61 Å². The van der Waals surface area contributed by atoms with Crippen molar-refractivity contribution in [3.8, 4) is 0 Å². The lowest BCUT2D eigenvalue weighted by Gasteiger charge is -2.14. The summed E-state index contributed by atoms with van der Waals surface area (Å²) >= 11 is 0. The van der Waals surface area contributed by atoms with Gasteiger partial charge in [-0.2, -0.15) is 0 Å². The van der Waals surface area contributed by atoms with Gasteiger partial charge >= 0.3 is 0 Å². The normalized spacial score (nSPS) is 12.9. The molecule has 0 radical (unpaired) electrons. The Morgan fingerprint density at radius 2 is 1.89 bits per heavy atom. The van der Waals surface area contributed by atoms with Gasteiger partial charge in [0, 0.05) is 12.6 Å². The summed E-state index contributed by atoms with van der Waals surface area (Å²) in [6.45, 7) is 4.57. The molecule has 0 aliphatic heterocycles. The first-order valence-electron chi connectivity index (χ1n) is 6.31. The van der Waals surface area contributed by atoms with Crippen molar-refractivity contribution < 1.29 is 13.5 Å². The first-order chi connectivity index (χ1) is 8.63. The van der Waals surface area contributed by atoms with Crippen molar-refractivity contribution in [2.45, 2.75) is 32.7 Å². The Balaban J connectivity index is 2.25. The molecule has 1 N–H and O–H groups in total. The lowest BCUT2D eigenvalue weighted by atomic mass is 10.1. The van der Waals surface area contributed by atoms with Crippen LogP contribution in [0.3, 0.4) is 0 Å². The molecule has 2 nitrogen and oxygen atoms in total. The van der Waals surface area contributed by atoms with Crippen LogP contribution in [0.15, 0.2) is 24.3 Å². The maximum absolute atomic E-state index is 11.8. The predicted octanol–water partition coefficient (Wildman–Crippen LogP) is 3.18. The Kier molecular flexibility index (Phi) is 6.83. The maximum Gasteiger partial charge on any atom is 0.261 e. The molecule has 0 aliphatic rings. The first-order valence-corrected chi connectivity index (χ1v) is 6.31. The van der Waals surface area contributed by atoms with Gasteiger partial charge in [-0.15, -0.1) is 0 Å². The molecular formula is C14H21F2NO. The molecule has 0 spiro atoms. The molecule has 0 heterocycles. The largest absolute Gasteiger partial charge is 0.374 e. The minimum absolute atomic E-state index is 0.200. The monoisotopic (exact) mass is 257 g/mol. The highest BCUT2D eigenvalue weighted by Crippen LogP contribution is 2.13. The van der Waals surface area contributed by atoms with Gasteiger partial charge in [-0.05, 0) is 24.5 Å². The number of nitrogens with one attached hydrogen (secondary N) is 1. The molecule has 0 bridgehead atoms. The summed E-state index contributed by atoms with van der Waals surface area (Å²) in [7, 11) is 0. The number of benzene rings is 1. The van der Waals surface area contributed by atoms with Crippen molar-refractivity contribution >= 4 is 0 Å². The van der Waals surface area contributed by atoms with E-state index < -0.39 is 13.0 Å². The van der Waals surface area contributed by atoms with Gasteiger partial charge in [-0.3, -0.25) is 0 Å². The van der Waals surface area contributed by atoms with Crippen molar-refractivity contribution in [1.82, 2.24) is 5.32 Å². The topological polar surface area (TPSA) is 21.3 Å². The van der Waals surface area contributed by atoms with Gasteiger partial charge in [0.25, 0.3) is 6.43 Å². The second kappa shape index (κ2) is 8.16. The van der Waals surface area contributed by atoms with Crippen LogP contribution in [0.5, 0.6) is 0 Å². The van der Waals surface area contributed by atoms with Crippen LogP contribution in [0, 0.1) is 0 Å². The molecule has 1 atom stereocenters. The predicted molar refractivity (Wildman–Crippen MR) is 69.1 cm³/mol. The van der Waals surface area contributed by atoms with Gasteiger partial charge in [-0.1, -0.05) is 31.2 Å². The zero-order chi connectivity index (χ0) is 13.4. The standard InChI is InChI=1S/C14H21F2NO/c1-3-12-4-6-13(7-5-12)11(2)17-8-9-18-10-14(15)16/h4-7,11,14,17H,3,8-10H2,1-2H3. The SMILES string of the molecule is CCc1ccc(C(C)NCCOCC(F)F)cc1. The van der Waals surface area contributed by atoms with Crippen molar-refractivity contribution in [1.29, 1.82) is 0 Å². The molecule has 0 amide bonds. The van der Waals surface area contributed by atoms with Crippen LogP contribution in [0.1, 0.15) is 31.0 Å². The van der Waals surface area contributed by atoms with E-state index in [1.807, 2.05) is 6.92 Å². The number of hydrogen-bond donors (Lipinski definition) is 1. The molecule has 1 aromatic carbocycles. The summed E-state index contributed by atoms with van der Waals surface area (Å²) < 4.78 is 28.4. The van der Waals surface area contributed by atoms with Crippen LogP contribution in [0.2, 0.25) is 0 Å². The number of halogens is 2. The Morgan fingerprint density at radius 3 is 2.44 bits per heavy atom. The van der Waals surface area contributed by atoms with E-state index >= 15 is 0 Å². The Morgan fingerprint density at radius 1 is 1.22 bits per heavy atom. The number of rotatable bonds is 8. The Bertz CT molecular complexity index is 327. The van der Waals surface area contributed by atoms with E-state index in [0.717, 1.165) is 6.42 Å². The second-order valence-electron chi connectivity index (χ2n) is 4.24. The Labute approximate surface area is 107 Å². The van der Waals surface area contributed by atoms with E-state index in [4.69, 9.17) is 4.74 Å². The van der Waals surface area contributed by atoms with Crippen molar-refractivity contribution in [3.05, 3.63) is 35.4 Å². The molecular weight excluding hydrogens is 236 g/mol. The molecule has 0 aliphatic carbocycles. The zero-order valence-electron chi connectivity index (χ0n) is 11.0. The quantitative estimate of drug-likeness (QED) is 0.722. The third-order valence-corrected chi connectivity index (χ3v) is 2.83. The molecule has 0 saturated heterocycles.